The summed E-state index contributed by atoms with van der Waals surface area (Å²) in [4.78, 5) is 0. The number of aryl methyl sites for hydroxylation is 2. The predicted octanol–water partition coefficient (Wildman–Crippen LogP) is 3.00. The molecule has 3 nitrogen and oxygen atoms in total. The molecule has 1 aromatic heterocycles. The van der Waals surface area contributed by atoms with Crippen LogP contribution in [0.15, 0.2) is 24.3 Å². The van der Waals surface area contributed by atoms with Gasteiger partial charge in [-0.15, -0.1) is 10.2 Å². The highest BCUT2D eigenvalue weighted by Gasteiger charge is 2.07. The highest BCUT2D eigenvalue weighted by atomic mass is 35.5. The van der Waals surface area contributed by atoms with Crippen molar-refractivity contribution in [2.75, 3.05) is 5.73 Å². The van der Waals surface area contributed by atoms with E-state index in [2.05, 4.69) is 10.2 Å². The van der Waals surface area contributed by atoms with Crippen molar-refractivity contribution in [3.05, 3.63) is 40.4 Å². The van der Waals surface area contributed by atoms with Gasteiger partial charge in [-0.25, -0.2) is 0 Å². The Morgan fingerprint density at radius 3 is 2.38 bits per heavy atom. The second-order valence-corrected chi connectivity index (χ2v) is 4.17. The quantitative estimate of drug-likeness (QED) is 0.824. The number of hydrogen-bond donors (Lipinski definition) is 1. The lowest BCUT2D eigenvalue weighted by atomic mass is 10.0. The van der Waals surface area contributed by atoms with E-state index in [0.717, 1.165) is 16.8 Å². The molecule has 0 aliphatic rings. The molecule has 0 aliphatic carbocycles. The van der Waals surface area contributed by atoms with Crippen LogP contribution in [0.1, 0.15) is 11.1 Å². The standard InChI is InChI=1S/C12H12ClN3/c1-7-5-9(10(13)6-8(7)2)11-3-4-12(14)16-15-11/h3-6H,1-2H3,(H2,14,16). The summed E-state index contributed by atoms with van der Waals surface area (Å²) < 4.78 is 0. The zero-order valence-corrected chi connectivity index (χ0v) is 9.92. The molecule has 0 spiro atoms. The van der Waals surface area contributed by atoms with Crippen molar-refractivity contribution in [3.63, 3.8) is 0 Å². The Balaban J connectivity index is 2.56. The van der Waals surface area contributed by atoms with Crippen LogP contribution in [0.2, 0.25) is 5.02 Å². The van der Waals surface area contributed by atoms with Gasteiger partial charge < -0.3 is 5.73 Å². The molecule has 82 valence electrons. The van der Waals surface area contributed by atoms with E-state index in [1.165, 1.54) is 5.56 Å². The van der Waals surface area contributed by atoms with Gasteiger partial charge in [0, 0.05) is 5.56 Å². The van der Waals surface area contributed by atoms with Gasteiger partial charge in [0.2, 0.25) is 0 Å². The molecule has 0 saturated carbocycles. The van der Waals surface area contributed by atoms with E-state index in [1.807, 2.05) is 32.0 Å². The summed E-state index contributed by atoms with van der Waals surface area (Å²) >= 11 is 6.18. The molecule has 16 heavy (non-hydrogen) atoms. The van der Waals surface area contributed by atoms with Crippen molar-refractivity contribution >= 4 is 17.4 Å². The summed E-state index contributed by atoms with van der Waals surface area (Å²) in [5, 5.41) is 8.52. The minimum Gasteiger partial charge on any atom is -0.382 e. The minimum absolute atomic E-state index is 0.406. The van der Waals surface area contributed by atoms with E-state index in [0.29, 0.717) is 10.8 Å². The number of nitrogen functional groups attached to an aromatic ring is 1. The molecule has 2 rings (SSSR count). The predicted molar refractivity (Wildman–Crippen MR) is 66.4 cm³/mol. The van der Waals surface area contributed by atoms with E-state index in [-0.39, 0.29) is 0 Å². The normalized spacial score (nSPS) is 10.4. The number of benzene rings is 1. The molecule has 1 heterocycles. The Bertz CT molecular complexity index is 521. The van der Waals surface area contributed by atoms with Crippen molar-refractivity contribution < 1.29 is 0 Å². The molecule has 1 aromatic carbocycles. The number of anilines is 1. The number of nitrogens with zero attached hydrogens (tertiary/aromatic N) is 2. The van der Waals surface area contributed by atoms with Crippen molar-refractivity contribution in [2.24, 2.45) is 0 Å². The zero-order valence-electron chi connectivity index (χ0n) is 9.16. The zero-order chi connectivity index (χ0) is 11.7. The lowest BCUT2D eigenvalue weighted by molar-refractivity contribution is 1.05. The Morgan fingerprint density at radius 2 is 1.75 bits per heavy atom. The van der Waals surface area contributed by atoms with Gasteiger partial charge >= 0.3 is 0 Å². The van der Waals surface area contributed by atoms with E-state index in [1.54, 1.807) is 6.07 Å². The highest BCUT2D eigenvalue weighted by molar-refractivity contribution is 6.33. The first-order valence-corrected chi connectivity index (χ1v) is 5.32. The summed E-state index contributed by atoms with van der Waals surface area (Å²) in [5.41, 5.74) is 9.46. The Labute approximate surface area is 99.3 Å². The van der Waals surface area contributed by atoms with Crippen LogP contribution in [0, 0.1) is 13.8 Å². The van der Waals surface area contributed by atoms with Crippen molar-refractivity contribution in [1.29, 1.82) is 0 Å². The third-order valence-electron chi connectivity index (χ3n) is 2.54. The molecule has 2 aromatic rings. The van der Waals surface area contributed by atoms with Crippen LogP contribution in [0.25, 0.3) is 11.3 Å². The van der Waals surface area contributed by atoms with Crippen LogP contribution in [0.3, 0.4) is 0 Å². The fourth-order valence-electron chi connectivity index (χ4n) is 1.46. The van der Waals surface area contributed by atoms with Crippen molar-refractivity contribution in [2.45, 2.75) is 13.8 Å². The number of halogens is 1. The monoisotopic (exact) mass is 233 g/mol. The first-order chi connectivity index (χ1) is 7.58. The molecule has 0 unspecified atom stereocenters. The number of hydrogen-bond acceptors (Lipinski definition) is 3. The Hall–Kier alpha value is -1.61. The van der Waals surface area contributed by atoms with Crippen LogP contribution >= 0.6 is 11.6 Å². The average molecular weight is 234 g/mol. The molecular formula is C12H12ClN3. The maximum absolute atomic E-state index is 6.18. The third kappa shape index (κ3) is 1.99. The van der Waals surface area contributed by atoms with Crippen LogP contribution < -0.4 is 5.73 Å². The van der Waals surface area contributed by atoms with Gasteiger partial charge in [0.1, 0.15) is 5.82 Å². The fraction of sp³-hybridized carbons (Fsp3) is 0.167. The molecule has 4 heteroatoms. The fourth-order valence-corrected chi connectivity index (χ4v) is 1.78. The first kappa shape index (κ1) is 10.9. The molecule has 0 saturated heterocycles. The summed E-state index contributed by atoms with van der Waals surface area (Å²) in [5.74, 6) is 0.406. The van der Waals surface area contributed by atoms with Crippen molar-refractivity contribution in [3.8, 4) is 11.3 Å². The molecule has 0 fully saturated rings. The summed E-state index contributed by atoms with van der Waals surface area (Å²) in [6.07, 6.45) is 0. The van der Waals surface area contributed by atoms with Gasteiger partial charge in [-0.3, -0.25) is 0 Å². The van der Waals surface area contributed by atoms with E-state index >= 15 is 0 Å². The van der Waals surface area contributed by atoms with Gasteiger partial charge in [0.05, 0.1) is 10.7 Å². The Morgan fingerprint density at radius 1 is 1.06 bits per heavy atom. The average Bonchev–Trinajstić information content (AvgIpc) is 2.25. The van der Waals surface area contributed by atoms with Gasteiger partial charge in [-0.1, -0.05) is 11.6 Å². The SMILES string of the molecule is Cc1cc(Cl)c(-c2ccc(N)nn2)cc1C. The summed E-state index contributed by atoms with van der Waals surface area (Å²) in [6.45, 7) is 4.07. The molecular weight excluding hydrogens is 222 g/mol. The topological polar surface area (TPSA) is 51.8 Å². The number of aromatic nitrogens is 2. The Kier molecular flexibility index (Phi) is 2.79. The molecule has 0 amide bonds. The number of nitrogens with two attached hydrogens (primary N) is 1. The smallest absolute Gasteiger partial charge is 0.146 e. The van der Waals surface area contributed by atoms with Crippen LogP contribution in [-0.4, -0.2) is 10.2 Å². The first-order valence-electron chi connectivity index (χ1n) is 4.94. The molecule has 0 atom stereocenters. The van der Waals surface area contributed by atoms with E-state index < -0.39 is 0 Å². The van der Waals surface area contributed by atoms with Gasteiger partial charge in [-0.05, 0) is 49.2 Å². The van der Waals surface area contributed by atoms with E-state index in [4.69, 9.17) is 17.3 Å². The van der Waals surface area contributed by atoms with E-state index in [9.17, 15) is 0 Å². The van der Waals surface area contributed by atoms with Crippen LogP contribution in [0.4, 0.5) is 5.82 Å². The van der Waals surface area contributed by atoms with Crippen molar-refractivity contribution in [1.82, 2.24) is 10.2 Å². The largest absolute Gasteiger partial charge is 0.382 e. The minimum atomic E-state index is 0.406. The lowest BCUT2D eigenvalue weighted by Gasteiger charge is -2.07. The number of rotatable bonds is 1. The third-order valence-corrected chi connectivity index (χ3v) is 2.86. The summed E-state index contributed by atoms with van der Waals surface area (Å²) in [6, 6.07) is 7.48. The maximum Gasteiger partial charge on any atom is 0.146 e. The second-order valence-electron chi connectivity index (χ2n) is 3.76. The highest BCUT2D eigenvalue weighted by Crippen LogP contribution is 2.28. The molecule has 0 aliphatic heterocycles. The molecule has 0 bridgehead atoms. The van der Waals surface area contributed by atoms with Gasteiger partial charge in [-0.2, -0.15) is 0 Å². The molecule has 0 radical (unpaired) electrons. The summed E-state index contributed by atoms with van der Waals surface area (Å²) in [7, 11) is 0. The van der Waals surface area contributed by atoms with Gasteiger partial charge in [0.25, 0.3) is 0 Å². The lowest BCUT2D eigenvalue weighted by Crippen LogP contribution is -1.95. The molecule has 2 N–H and O–H groups in total. The maximum atomic E-state index is 6.18. The van der Waals surface area contributed by atoms with Crippen LogP contribution in [-0.2, 0) is 0 Å². The van der Waals surface area contributed by atoms with Crippen LogP contribution in [0.5, 0.6) is 0 Å². The second kappa shape index (κ2) is 4.10. The van der Waals surface area contributed by atoms with Gasteiger partial charge in [0.15, 0.2) is 0 Å².